The number of aromatic nitrogens is 2. The summed E-state index contributed by atoms with van der Waals surface area (Å²) >= 11 is 0. The minimum Gasteiger partial charge on any atom is -0.491 e. The Balaban J connectivity index is 2.00. The molecule has 1 saturated carbocycles. The number of carbonyl (C=O) groups is 1. The van der Waals surface area contributed by atoms with Crippen LogP contribution in [0, 0.1) is 5.92 Å². The third-order valence-electron chi connectivity index (χ3n) is 5.91. The lowest BCUT2D eigenvalue weighted by Crippen LogP contribution is -2.38. The molecule has 1 aromatic carbocycles. The van der Waals surface area contributed by atoms with Crippen LogP contribution in [-0.4, -0.2) is 34.0 Å². The highest BCUT2D eigenvalue weighted by atomic mass is 19.4. The zero-order valence-electron chi connectivity index (χ0n) is 21.7. The van der Waals surface area contributed by atoms with Crippen molar-refractivity contribution in [2.24, 2.45) is 18.0 Å². The Labute approximate surface area is 205 Å². The number of halogens is 3. The Morgan fingerprint density at radius 2 is 1.77 bits per heavy atom. The normalized spacial score (nSPS) is 15.5. The second-order valence-corrected chi connectivity index (χ2v) is 11.3. The second kappa shape index (κ2) is 9.84. The first-order chi connectivity index (χ1) is 16.1. The van der Waals surface area contributed by atoms with Crippen molar-refractivity contribution in [1.29, 1.82) is 0 Å². The molecular weight excluding hydrogens is 457 g/mol. The van der Waals surface area contributed by atoms with Gasteiger partial charge < -0.3 is 10.1 Å². The zero-order valence-corrected chi connectivity index (χ0v) is 21.7. The molecule has 0 bridgehead atoms. The maximum absolute atomic E-state index is 13.4. The monoisotopic (exact) mass is 494 g/mol. The molecule has 1 N–H and O–H groups in total. The van der Waals surface area contributed by atoms with Gasteiger partial charge >= 0.3 is 6.18 Å². The number of carbonyl (C=O) groups excluding carboxylic acids is 1. The van der Waals surface area contributed by atoms with Crippen LogP contribution in [0.3, 0.4) is 0 Å². The number of nitrogens with one attached hydrogen (secondary N) is 1. The van der Waals surface area contributed by atoms with Crippen molar-refractivity contribution in [1.82, 2.24) is 14.7 Å². The summed E-state index contributed by atoms with van der Waals surface area (Å²) in [6, 6.07) is 4.81. The summed E-state index contributed by atoms with van der Waals surface area (Å²) in [5.74, 6) is -0.151. The quantitative estimate of drug-likeness (QED) is 0.548. The molecule has 35 heavy (non-hydrogen) atoms. The second-order valence-electron chi connectivity index (χ2n) is 11.3. The predicted octanol–water partition coefficient (Wildman–Crippen LogP) is 5.06. The molecule has 0 aliphatic heterocycles. The van der Waals surface area contributed by atoms with Gasteiger partial charge in [0, 0.05) is 42.9 Å². The number of alkyl halides is 3. The number of ether oxygens (including phenoxy) is 1. The minimum atomic E-state index is -4.58. The van der Waals surface area contributed by atoms with Crippen molar-refractivity contribution < 1.29 is 22.7 Å². The molecule has 0 spiro atoms. The average Bonchev–Trinajstić information content (AvgIpc) is 3.48. The topological polar surface area (TPSA) is 60.6 Å². The number of benzene rings is 1. The number of rotatable bonds is 7. The van der Waals surface area contributed by atoms with Gasteiger partial charge in [0.05, 0.1) is 11.1 Å². The highest BCUT2D eigenvalue weighted by Crippen LogP contribution is 2.33. The minimum absolute atomic E-state index is 0.0863. The fourth-order valence-electron chi connectivity index (χ4n) is 3.88. The van der Waals surface area contributed by atoms with Gasteiger partial charge in [-0.1, -0.05) is 20.8 Å². The third-order valence-corrected chi connectivity index (χ3v) is 5.91. The smallest absolute Gasteiger partial charge is 0.416 e. The Bertz CT molecular complexity index is 1130. The molecule has 9 heteroatoms. The molecule has 6 nitrogen and oxygen atoms in total. The predicted molar refractivity (Wildman–Crippen MR) is 129 cm³/mol. The Hall–Kier alpha value is -2.55. The molecule has 1 amide bonds. The summed E-state index contributed by atoms with van der Waals surface area (Å²) in [6.07, 6.45) is -2.35. The molecule has 194 valence electrons. The van der Waals surface area contributed by atoms with Gasteiger partial charge in [0.1, 0.15) is 12.4 Å². The fraction of sp³-hybridized carbons (Fsp3) is 0.615. The van der Waals surface area contributed by atoms with Crippen LogP contribution >= 0.6 is 0 Å². The van der Waals surface area contributed by atoms with E-state index in [9.17, 15) is 18.0 Å². The van der Waals surface area contributed by atoms with E-state index in [1.54, 1.807) is 0 Å². The van der Waals surface area contributed by atoms with Crippen molar-refractivity contribution in [3.05, 3.63) is 46.6 Å². The van der Waals surface area contributed by atoms with E-state index in [0.717, 1.165) is 30.7 Å². The van der Waals surface area contributed by atoms with Crippen LogP contribution in [0.25, 0.3) is 0 Å². The molecule has 3 rings (SSSR count). The first kappa shape index (κ1) is 27.0. The van der Waals surface area contributed by atoms with Crippen LogP contribution in [0.2, 0.25) is 0 Å². The van der Waals surface area contributed by atoms with E-state index in [4.69, 9.17) is 4.74 Å². The van der Waals surface area contributed by atoms with Crippen LogP contribution in [0.4, 0.5) is 13.2 Å². The standard InChI is InChI=1S/C26H37F3N4O2/c1-24(2,3)21-15-22(33(32(21)7)16-17-8-9-17)31-23(34)19-14-18(26(27,28)29)10-11-20(19)35-13-12-30-25(4,5)6/h10-11,14-15,17,30H,8-9,12-13,16H2,1-7H3/b31-22+. The van der Waals surface area contributed by atoms with Crippen molar-refractivity contribution in [3.63, 3.8) is 0 Å². The molecule has 1 aliphatic rings. The van der Waals surface area contributed by atoms with Crippen LogP contribution in [-0.2, 0) is 25.2 Å². The van der Waals surface area contributed by atoms with Gasteiger partial charge in [-0.15, -0.1) is 0 Å². The van der Waals surface area contributed by atoms with E-state index in [2.05, 4.69) is 31.1 Å². The van der Waals surface area contributed by atoms with Crippen molar-refractivity contribution >= 4 is 5.91 Å². The Kier molecular flexibility index (Phi) is 7.60. The van der Waals surface area contributed by atoms with Gasteiger partial charge in [-0.25, -0.2) is 0 Å². The number of amides is 1. The Morgan fingerprint density at radius 1 is 1.11 bits per heavy atom. The molecule has 1 aliphatic carbocycles. The lowest BCUT2D eigenvalue weighted by molar-refractivity contribution is -0.137. The van der Waals surface area contributed by atoms with E-state index in [1.807, 2.05) is 43.2 Å². The molecular formula is C26H37F3N4O2. The fourth-order valence-corrected chi connectivity index (χ4v) is 3.88. The summed E-state index contributed by atoms with van der Waals surface area (Å²) in [4.78, 5) is 17.6. The Morgan fingerprint density at radius 3 is 2.31 bits per heavy atom. The van der Waals surface area contributed by atoms with E-state index in [0.29, 0.717) is 24.5 Å². The SMILES string of the molecule is Cn1c(C(C)(C)C)c/c(=N\C(=O)c2cc(C(F)(F)F)ccc2OCCNC(C)(C)C)n1CC1CC1. The number of nitrogens with zero attached hydrogens (tertiary/aromatic N) is 3. The van der Waals surface area contributed by atoms with E-state index in [-0.39, 0.29) is 28.9 Å². The molecule has 0 saturated heterocycles. The van der Waals surface area contributed by atoms with Crippen molar-refractivity contribution in [2.75, 3.05) is 13.2 Å². The molecule has 1 heterocycles. The maximum Gasteiger partial charge on any atom is 0.416 e. The summed E-state index contributed by atoms with van der Waals surface area (Å²) in [7, 11) is 1.92. The van der Waals surface area contributed by atoms with Gasteiger partial charge in [0.2, 0.25) is 0 Å². The number of hydrogen-bond donors (Lipinski definition) is 1. The summed E-state index contributed by atoms with van der Waals surface area (Å²) in [6.45, 7) is 13.6. The van der Waals surface area contributed by atoms with E-state index >= 15 is 0 Å². The van der Waals surface area contributed by atoms with E-state index < -0.39 is 17.6 Å². The largest absolute Gasteiger partial charge is 0.491 e. The van der Waals surface area contributed by atoms with Crippen molar-refractivity contribution in [2.45, 2.75) is 78.1 Å². The molecule has 0 atom stereocenters. The highest BCUT2D eigenvalue weighted by Gasteiger charge is 2.32. The molecule has 1 aromatic heterocycles. The molecule has 0 radical (unpaired) electrons. The highest BCUT2D eigenvalue weighted by molar-refractivity contribution is 5.97. The van der Waals surface area contributed by atoms with Gasteiger partial charge in [0.25, 0.3) is 5.91 Å². The van der Waals surface area contributed by atoms with E-state index in [1.165, 1.54) is 6.07 Å². The number of hydrogen-bond acceptors (Lipinski definition) is 3. The maximum atomic E-state index is 13.4. The molecule has 2 aromatic rings. The van der Waals surface area contributed by atoms with Gasteiger partial charge in [0.15, 0.2) is 5.49 Å². The van der Waals surface area contributed by atoms with Crippen LogP contribution in [0.1, 0.15) is 76.0 Å². The van der Waals surface area contributed by atoms with Crippen LogP contribution in [0.5, 0.6) is 5.75 Å². The third kappa shape index (κ3) is 7.22. The van der Waals surface area contributed by atoms with Crippen LogP contribution < -0.4 is 15.5 Å². The first-order valence-corrected chi connectivity index (χ1v) is 12.0. The molecule has 1 fully saturated rings. The van der Waals surface area contributed by atoms with Gasteiger partial charge in [-0.3, -0.25) is 14.2 Å². The van der Waals surface area contributed by atoms with Crippen molar-refractivity contribution in [3.8, 4) is 5.75 Å². The van der Waals surface area contributed by atoms with Gasteiger partial charge in [-0.05, 0) is 57.7 Å². The average molecular weight is 495 g/mol. The molecule has 0 unspecified atom stereocenters. The lowest BCUT2D eigenvalue weighted by atomic mass is 9.92. The lowest BCUT2D eigenvalue weighted by Gasteiger charge is -2.21. The summed E-state index contributed by atoms with van der Waals surface area (Å²) in [5.41, 5.74) is -0.0163. The summed E-state index contributed by atoms with van der Waals surface area (Å²) in [5, 5.41) is 3.25. The first-order valence-electron chi connectivity index (χ1n) is 12.0. The van der Waals surface area contributed by atoms with Crippen LogP contribution in [0.15, 0.2) is 29.3 Å². The van der Waals surface area contributed by atoms with Gasteiger partial charge in [-0.2, -0.15) is 18.2 Å². The zero-order chi connectivity index (χ0) is 26.2. The summed E-state index contributed by atoms with van der Waals surface area (Å²) < 4.78 is 49.9.